The Morgan fingerprint density at radius 3 is 1.96 bits per heavy atom. The maximum absolute atomic E-state index is 12.7. The minimum atomic E-state index is -4.27. The number of carboxylic acids is 1. The molecule has 2 nitrogen and oxygen atoms in total. The van der Waals surface area contributed by atoms with Crippen molar-refractivity contribution < 1.29 is 23.1 Å². The number of allylic oxidation sites excluding steroid dienone is 1. The third-order valence-corrected chi connectivity index (χ3v) is 6.67. The highest BCUT2D eigenvalue weighted by Crippen LogP contribution is 2.44. The zero-order chi connectivity index (χ0) is 20.1. The summed E-state index contributed by atoms with van der Waals surface area (Å²) < 4.78 is 38.2. The van der Waals surface area contributed by atoms with Gasteiger partial charge in [0, 0.05) is 0 Å². The molecule has 154 valence electrons. The third-order valence-electron chi connectivity index (χ3n) is 6.67. The van der Waals surface area contributed by atoms with Gasteiger partial charge in [-0.25, -0.2) is 0 Å². The highest BCUT2D eigenvalue weighted by Gasteiger charge is 2.32. The van der Waals surface area contributed by atoms with Crippen molar-refractivity contribution in [3.63, 3.8) is 0 Å². The Labute approximate surface area is 164 Å². The van der Waals surface area contributed by atoms with Gasteiger partial charge >= 0.3 is 12.1 Å². The molecule has 2 aliphatic carbocycles. The van der Waals surface area contributed by atoms with Gasteiger partial charge in [0.25, 0.3) is 0 Å². The van der Waals surface area contributed by atoms with Gasteiger partial charge in [-0.05, 0) is 92.7 Å². The Morgan fingerprint density at radius 2 is 1.46 bits per heavy atom. The summed E-state index contributed by atoms with van der Waals surface area (Å²) in [7, 11) is 0. The highest BCUT2D eigenvalue weighted by molar-refractivity contribution is 5.68. The number of rotatable bonds is 5. The van der Waals surface area contributed by atoms with E-state index in [0.717, 1.165) is 55.9 Å². The van der Waals surface area contributed by atoms with E-state index in [1.54, 1.807) is 18.2 Å². The molecule has 2 saturated carbocycles. The highest BCUT2D eigenvalue weighted by atomic mass is 19.4. The van der Waals surface area contributed by atoms with Crippen molar-refractivity contribution >= 4 is 5.97 Å². The van der Waals surface area contributed by atoms with E-state index >= 15 is 0 Å². The second-order valence-electron chi connectivity index (χ2n) is 8.43. The van der Waals surface area contributed by atoms with E-state index in [1.807, 2.05) is 0 Å². The first kappa shape index (κ1) is 20.9. The SMILES string of the molecule is O=C(O)CC=C[C@H]1CC[C@H]([C@H]2CC[C@H](c3ccc(C(F)(F)F)cc3)CC2)CC1. The fourth-order valence-corrected chi connectivity index (χ4v) is 5.04. The van der Waals surface area contributed by atoms with E-state index in [9.17, 15) is 18.0 Å². The minimum Gasteiger partial charge on any atom is -0.481 e. The number of aliphatic carboxylic acids is 1. The van der Waals surface area contributed by atoms with E-state index < -0.39 is 17.7 Å². The van der Waals surface area contributed by atoms with Crippen LogP contribution >= 0.6 is 0 Å². The summed E-state index contributed by atoms with van der Waals surface area (Å²) in [4.78, 5) is 10.6. The molecule has 0 heterocycles. The summed E-state index contributed by atoms with van der Waals surface area (Å²) in [6, 6.07) is 5.73. The van der Waals surface area contributed by atoms with Gasteiger partial charge < -0.3 is 5.11 Å². The average Bonchev–Trinajstić information content (AvgIpc) is 2.68. The van der Waals surface area contributed by atoms with Gasteiger partial charge in [0.2, 0.25) is 0 Å². The molecule has 28 heavy (non-hydrogen) atoms. The van der Waals surface area contributed by atoms with Gasteiger partial charge in [-0.15, -0.1) is 0 Å². The molecule has 1 aromatic rings. The number of hydrogen-bond acceptors (Lipinski definition) is 1. The standard InChI is InChI=1S/C23H29F3O2/c24-23(25,26)21-14-12-20(13-15-21)19-10-8-18(9-11-19)17-6-4-16(5-7-17)2-1-3-22(27)28/h1-2,12-19H,3-11H2,(H,27,28)/t16-,17-,18-,19-. The van der Waals surface area contributed by atoms with Gasteiger partial charge in [0.1, 0.15) is 0 Å². The maximum Gasteiger partial charge on any atom is 0.416 e. The predicted molar refractivity (Wildman–Crippen MR) is 103 cm³/mol. The molecule has 0 saturated heterocycles. The average molecular weight is 394 g/mol. The summed E-state index contributed by atoms with van der Waals surface area (Å²) in [6.45, 7) is 0. The van der Waals surface area contributed by atoms with Crippen molar-refractivity contribution in [3.8, 4) is 0 Å². The molecule has 0 spiro atoms. The van der Waals surface area contributed by atoms with Crippen LogP contribution in [0.15, 0.2) is 36.4 Å². The minimum absolute atomic E-state index is 0.105. The molecular weight excluding hydrogens is 365 g/mol. The molecule has 2 aliphatic rings. The topological polar surface area (TPSA) is 37.3 Å². The largest absolute Gasteiger partial charge is 0.481 e. The van der Waals surface area contributed by atoms with Gasteiger partial charge in [0.15, 0.2) is 0 Å². The molecule has 0 bridgehead atoms. The number of benzene rings is 1. The maximum atomic E-state index is 12.7. The third kappa shape index (κ3) is 5.62. The van der Waals surface area contributed by atoms with Crippen molar-refractivity contribution in [2.75, 3.05) is 0 Å². The van der Waals surface area contributed by atoms with Crippen LogP contribution in [0.2, 0.25) is 0 Å². The zero-order valence-corrected chi connectivity index (χ0v) is 16.1. The number of carbonyl (C=O) groups is 1. The summed E-state index contributed by atoms with van der Waals surface area (Å²) in [5, 5.41) is 8.71. The Balaban J connectivity index is 1.44. The lowest BCUT2D eigenvalue weighted by Crippen LogP contribution is -2.25. The lowest BCUT2D eigenvalue weighted by molar-refractivity contribution is -0.138. The molecule has 1 N–H and O–H groups in total. The molecule has 0 amide bonds. The molecule has 0 aromatic heterocycles. The number of hydrogen-bond donors (Lipinski definition) is 1. The van der Waals surface area contributed by atoms with Crippen LogP contribution in [0.5, 0.6) is 0 Å². The summed E-state index contributed by atoms with van der Waals surface area (Å²) in [5.41, 5.74) is 0.470. The molecule has 1 aromatic carbocycles. The van der Waals surface area contributed by atoms with Crippen molar-refractivity contribution in [1.82, 2.24) is 0 Å². The number of alkyl halides is 3. The summed E-state index contributed by atoms with van der Waals surface area (Å²) >= 11 is 0. The first-order chi connectivity index (χ1) is 13.3. The second kappa shape index (κ2) is 9.15. The van der Waals surface area contributed by atoms with Crippen molar-refractivity contribution in [1.29, 1.82) is 0 Å². The molecular formula is C23H29F3O2. The fourth-order valence-electron chi connectivity index (χ4n) is 5.04. The van der Waals surface area contributed by atoms with Gasteiger partial charge in [0.05, 0.1) is 12.0 Å². The second-order valence-corrected chi connectivity index (χ2v) is 8.43. The Bertz CT molecular complexity index is 662. The Hall–Kier alpha value is -1.78. The molecule has 0 aliphatic heterocycles. The van der Waals surface area contributed by atoms with Crippen LogP contribution in [0.3, 0.4) is 0 Å². The molecule has 0 radical (unpaired) electrons. The van der Waals surface area contributed by atoms with E-state index in [0.29, 0.717) is 11.8 Å². The van der Waals surface area contributed by atoms with Crippen LogP contribution in [-0.4, -0.2) is 11.1 Å². The Kier molecular flexibility index (Phi) is 6.84. The molecule has 3 rings (SSSR count). The lowest BCUT2D eigenvalue weighted by atomic mass is 9.68. The van der Waals surface area contributed by atoms with Crippen LogP contribution < -0.4 is 0 Å². The van der Waals surface area contributed by atoms with Gasteiger partial charge in [-0.3, -0.25) is 4.79 Å². The van der Waals surface area contributed by atoms with Crippen LogP contribution in [0.4, 0.5) is 13.2 Å². The zero-order valence-electron chi connectivity index (χ0n) is 16.1. The van der Waals surface area contributed by atoms with Gasteiger partial charge in [-0.1, -0.05) is 24.3 Å². The van der Waals surface area contributed by atoms with Crippen LogP contribution in [0.25, 0.3) is 0 Å². The molecule has 2 fully saturated rings. The van der Waals surface area contributed by atoms with Crippen molar-refractivity contribution in [2.24, 2.45) is 17.8 Å². The van der Waals surface area contributed by atoms with E-state index in [1.165, 1.54) is 25.0 Å². The molecule has 0 atom stereocenters. The first-order valence-corrected chi connectivity index (χ1v) is 10.4. The first-order valence-electron chi connectivity index (χ1n) is 10.4. The fraction of sp³-hybridized carbons (Fsp3) is 0.609. The molecule has 5 heteroatoms. The lowest BCUT2D eigenvalue weighted by Gasteiger charge is -2.37. The monoisotopic (exact) mass is 394 g/mol. The predicted octanol–water partition coefficient (Wildman–Crippen LogP) is 6.82. The van der Waals surface area contributed by atoms with Crippen molar-refractivity contribution in [3.05, 3.63) is 47.5 Å². The van der Waals surface area contributed by atoms with Crippen LogP contribution in [-0.2, 0) is 11.0 Å². The molecule has 0 unspecified atom stereocenters. The number of halogens is 3. The van der Waals surface area contributed by atoms with E-state index in [2.05, 4.69) is 6.08 Å². The smallest absolute Gasteiger partial charge is 0.416 e. The summed E-state index contributed by atoms with van der Waals surface area (Å²) in [5.74, 6) is 1.59. The van der Waals surface area contributed by atoms with Crippen LogP contribution in [0.1, 0.15) is 74.8 Å². The van der Waals surface area contributed by atoms with E-state index in [-0.39, 0.29) is 6.42 Å². The van der Waals surface area contributed by atoms with Crippen LogP contribution in [0, 0.1) is 17.8 Å². The normalized spacial score (nSPS) is 29.1. The Morgan fingerprint density at radius 1 is 0.929 bits per heavy atom. The van der Waals surface area contributed by atoms with Crippen molar-refractivity contribution in [2.45, 2.75) is 69.9 Å². The van der Waals surface area contributed by atoms with Gasteiger partial charge in [-0.2, -0.15) is 13.2 Å². The number of carboxylic acid groups (broad SMARTS) is 1. The summed E-state index contributed by atoms with van der Waals surface area (Å²) in [6.07, 6.45) is 8.84. The quantitative estimate of drug-likeness (QED) is 0.557. The van der Waals surface area contributed by atoms with E-state index in [4.69, 9.17) is 5.11 Å².